The van der Waals surface area contributed by atoms with E-state index in [-0.39, 0.29) is 0 Å². The maximum Gasteiger partial charge on any atom is 0.123 e. The summed E-state index contributed by atoms with van der Waals surface area (Å²) in [6, 6.07) is 3.68. The summed E-state index contributed by atoms with van der Waals surface area (Å²) in [5.41, 5.74) is 1.47. The quantitative estimate of drug-likeness (QED) is 0.752. The molecule has 1 saturated carbocycles. The molecule has 2 heterocycles. The molecule has 1 aliphatic carbocycles. The fourth-order valence-electron chi connectivity index (χ4n) is 3.41. The number of likely N-dealkylation sites (tertiary alicyclic amines) is 1. The molecule has 0 radical (unpaired) electrons. The van der Waals surface area contributed by atoms with Gasteiger partial charge in [0.25, 0.3) is 0 Å². The minimum atomic E-state index is 0.475. The van der Waals surface area contributed by atoms with E-state index < -0.39 is 0 Å². The minimum Gasteiger partial charge on any atom is -0.300 e. The third kappa shape index (κ3) is 2.84. The van der Waals surface area contributed by atoms with Gasteiger partial charge in [0.1, 0.15) is 3.70 Å². The second-order valence-corrected chi connectivity index (χ2v) is 7.43. The first-order valence-electron chi connectivity index (χ1n) is 7.64. The molecule has 2 fully saturated rings. The number of hydrogen-bond donors (Lipinski definition) is 0. The van der Waals surface area contributed by atoms with E-state index in [1.807, 2.05) is 0 Å². The molecule has 19 heavy (non-hydrogen) atoms. The first-order valence-corrected chi connectivity index (χ1v) is 8.72. The Morgan fingerprint density at radius 3 is 2.42 bits per heavy atom. The van der Waals surface area contributed by atoms with Crippen molar-refractivity contribution in [1.82, 2.24) is 14.7 Å². The molecule has 3 rings (SSSR count). The molecule has 1 aliphatic heterocycles. The molecule has 0 N–H and O–H groups in total. The lowest BCUT2D eigenvalue weighted by atomic mass is 9.87. The molecule has 0 spiro atoms. The second kappa shape index (κ2) is 5.72. The SMILES string of the molecule is CC(C)n1nc(I)cc1C1CCN(C2CCC2)CC1. The van der Waals surface area contributed by atoms with E-state index in [2.05, 4.69) is 57.2 Å². The zero-order valence-corrected chi connectivity index (χ0v) is 14.1. The standard InChI is InChI=1S/C15H24IN3/c1-11(2)19-14(10-15(16)17-19)12-6-8-18(9-7-12)13-4-3-5-13/h10-13H,3-9H2,1-2H3. The zero-order chi connectivity index (χ0) is 13.4. The molecule has 0 unspecified atom stereocenters. The van der Waals surface area contributed by atoms with Crippen LogP contribution in [-0.4, -0.2) is 33.8 Å². The Bertz CT molecular complexity index is 429. The molecule has 4 heteroatoms. The third-order valence-electron chi connectivity index (χ3n) is 4.76. The van der Waals surface area contributed by atoms with Crippen LogP contribution in [0.3, 0.4) is 0 Å². The van der Waals surface area contributed by atoms with Crippen molar-refractivity contribution >= 4 is 22.6 Å². The van der Waals surface area contributed by atoms with Crippen molar-refractivity contribution < 1.29 is 0 Å². The monoisotopic (exact) mass is 373 g/mol. The van der Waals surface area contributed by atoms with Crippen molar-refractivity contribution in [3.63, 3.8) is 0 Å². The number of halogens is 1. The summed E-state index contributed by atoms with van der Waals surface area (Å²) in [5.74, 6) is 0.717. The number of rotatable bonds is 3. The van der Waals surface area contributed by atoms with Gasteiger partial charge >= 0.3 is 0 Å². The highest BCUT2D eigenvalue weighted by Crippen LogP contribution is 2.34. The highest BCUT2D eigenvalue weighted by atomic mass is 127. The smallest absolute Gasteiger partial charge is 0.123 e. The highest BCUT2D eigenvalue weighted by molar-refractivity contribution is 14.1. The maximum absolute atomic E-state index is 4.66. The summed E-state index contributed by atoms with van der Waals surface area (Å²) in [4.78, 5) is 2.72. The summed E-state index contributed by atoms with van der Waals surface area (Å²) in [5, 5.41) is 4.66. The van der Waals surface area contributed by atoms with E-state index >= 15 is 0 Å². The van der Waals surface area contributed by atoms with Gasteiger partial charge in [-0.2, -0.15) is 5.10 Å². The Kier molecular flexibility index (Phi) is 4.17. The number of nitrogens with zero attached hydrogens (tertiary/aromatic N) is 3. The molecule has 1 aromatic heterocycles. The number of piperidine rings is 1. The van der Waals surface area contributed by atoms with Crippen molar-refractivity contribution in [3.8, 4) is 0 Å². The van der Waals surface area contributed by atoms with Gasteiger partial charge in [-0.15, -0.1) is 0 Å². The average molecular weight is 373 g/mol. The summed E-state index contributed by atoms with van der Waals surface area (Å²) in [6.45, 7) is 7.04. The van der Waals surface area contributed by atoms with Gasteiger partial charge in [0.2, 0.25) is 0 Å². The Balaban J connectivity index is 1.67. The largest absolute Gasteiger partial charge is 0.300 e. The Morgan fingerprint density at radius 2 is 1.89 bits per heavy atom. The highest BCUT2D eigenvalue weighted by Gasteiger charge is 2.30. The summed E-state index contributed by atoms with van der Waals surface area (Å²) < 4.78 is 3.38. The van der Waals surface area contributed by atoms with Crippen molar-refractivity contribution in [3.05, 3.63) is 15.5 Å². The molecule has 3 nitrogen and oxygen atoms in total. The molecule has 1 saturated heterocycles. The van der Waals surface area contributed by atoms with Crippen LogP contribution in [0.4, 0.5) is 0 Å². The zero-order valence-electron chi connectivity index (χ0n) is 12.0. The first kappa shape index (κ1) is 13.9. The van der Waals surface area contributed by atoms with Crippen LogP contribution >= 0.6 is 22.6 Å². The van der Waals surface area contributed by atoms with E-state index in [0.717, 1.165) is 15.7 Å². The van der Waals surface area contributed by atoms with E-state index in [1.165, 1.54) is 50.9 Å². The van der Waals surface area contributed by atoms with Crippen LogP contribution in [0.1, 0.15) is 63.6 Å². The van der Waals surface area contributed by atoms with E-state index in [1.54, 1.807) is 0 Å². The molecule has 0 aromatic carbocycles. The minimum absolute atomic E-state index is 0.475. The number of aromatic nitrogens is 2. The van der Waals surface area contributed by atoms with Crippen LogP contribution in [0.2, 0.25) is 0 Å². The van der Waals surface area contributed by atoms with Crippen LogP contribution < -0.4 is 0 Å². The fraction of sp³-hybridized carbons (Fsp3) is 0.800. The van der Waals surface area contributed by atoms with Crippen LogP contribution in [0.5, 0.6) is 0 Å². The van der Waals surface area contributed by atoms with E-state index in [0.29, 0.717) is 6.04 Å². The lowest BCUT2D eigenvalue weighted by Crippen LogP contribution is -2.44. The van der Waals surface area contributed by atoms with Crippen molar-refractivity contribution in [1.29, 1.82) is 0 Å². The van der Waals surface area contributed by atoms with Gasteiger partial charge in [-0.05, 0) is 81.3 Å². The van der Waals surface area contributed by atoms with Crippen LogP contribution in [-0.2, 0) is 0 Å². The van der Waals surface area contributed by atoms with Gasteiger partial charge in [0.15, 0.2) is 0 Å². The number of hydrogen-bond acceptors (Lipinski definition) is 2. The van der Waals surface area contributed by atoms with Crippen LogP contribution in [0.15, 0.2) is 6.07 Å². The second-order valence-electron chi connectivity index (χ2n) is 6.33. The van der Waals surface area contributed by atoms with Crippen LogP contribution in [0, 0.1) is 3.70 Å². The molecule has 0 amide bonds. The molecule has 2 aliphatic rings. The summed E-state index contributed by atoms with van der Waals surface area (Å²) >= 11 is 2.34. The summed E-state index contributed by atoms with van der Waals surface area (Å²) in [6.07, 6.45) is 6.94. The predicted octanol–water partition coefficient (Wildman–Crippen LogP) is 3.80. The van der Waals surface area contributed by atoms with Crippen molar-refractivity contribution in [2.24, 2.45) is 0 Å². The van der Waals surface area contributed by atoms with Gasteiger partial charge < -0.3 is 4.90 Å². The lowest BCUT2D eigenvalue weighted by Gasteiger charge is -2.41. The fourth-order valence-corrected chi connectivity index (χ4v) is 3.96. The maximum atomic E-state index is 4.66. The predicted molar refractivity (Wildman–Crippen MR) is 86.5 cm³/mol. The topological polar surface area (TPSA) is 21.1 Å². The Labute approximate surface area is 129 Å². The molecule has 1 aromatic rings. The Hall–Kier alpha value is -0.100. The normalized spacial score (nSPS) is 22.9. The van der Waals surface area contributed by atoms with Gasteiger partial charge in [0, 0.05) is 23.7 Å². The van der Waals surface area contributed by atoms with E-state index in [9.17, 15) is 0 Å². The lowest BCUT2D eigenvalue weighted by molar-refractivity contribution is 0.0961. The van der Waals surface area contributed by atoms with Gasteiger partial charge in [0.05, 0.1) is 0 Å². The van der Waals surface area contributed by atoms with Crippen molar-refractivity contribution in [2.75, 3.05) is 13.1 Å². The first-order chi connectivity index (χ1) is 9.15. The molecule has 106 valence electrons. The van der Waals surface area contributed by atoms with Gasteiger partial charge in [-0.25, -0.2) is 0 Å². The van der Waals surface area contributed by atoms with E-state index in [4.69, 9.17) is 0 Å². The summed E-state index contributed by atoms with van der Waals surface area (Å²) in [7, 11) is 0. The van der Waals surface area contributed by atoms with Crippen LogP contribution in [0.25, 0.3) is 0 Å². The Morgan fingerprint density at radius 1 is 1.21 bits per heavy atom. The van der Waals surface area contributed by atoms with Gasteiger partial charge in [-0.1, -0.05) is 6.42 Å². The molecule has 0 atom stereocenters. The molecular formula is C15H24IN3. The third-order valence-corrected chi connectivity index (χ3v) is 5.29. The van der Waals surface area contributed by atoms with Gasteiger partial charge in [-0.3, -0.25) is 4.68 Å². The van der Waals surface area contributed by atoms with Crippen molar-refractivity contribution in [2.45, 2.75) is 64.0 Å². The average Bonchev–Trinajstić information content (AvgIpc) is 2.70. The molecule has 0 bridgehead atoms. The molecular weight excluding hydrogens is 349 g/mol.